The van der Waals surface area contributed by atoms with Gasteiger partial charge in [-0.1, -0.05) is 12.2 Å². The molecule has 0 spiro atoms. The molecule has 138 valence electrons. The summed E-state index contributed by atoms with van der Waals surface area (Å²) < 4.78 is 5.35. The zero-order valence-corrected chi connectivity index (χ0v) is 15.4. The standard InChI is InChI=1S/C20H25N3O3/c1-20(2,3)26-19(25)23-16-7-5-4-6-9-22-18(24)15-12-14(15)13-8-10-21-17(16)11-13/h4-5,7-8,10-11,14-15H,6,9,12H2,1-3H3,(H,22,24)(H,23,25)/b5-4+,16-7+/t14-,15-/m1/s1. The summed E-state index contributed by atoms with van der Waals surface area (Å²) in [5.74, 6) is 0.357. The first-order valence-corrected chi connectivity index (χ1v) is 8.94. The van der Waals surface area contributed by atoms with Gasteiger partial charge in [-0.15, -0.1) is 0 Å². The van der Waals surface area contributed by atoms with Gasteiger partial charge in [-0.3, -0.25) is 15.1 Å². The molecule has 0 aromatic carbocycles. The van der Waals surface area contributed by atoms with Crippen molar-refractivity contribution >= 4 is 17.7 Å². The molecular formula is C20H25N3O3. The van der Waals surface area contributed by atoms with E-state index in [9.17, 15) is 9.59 Å². The van der Waals surface area contributed by atoms with Crippen molar-refractivity contribution in [2.24, 2.45) is 5.92 Å². The van der Waals surface area contributed by atoms with Crippen molar-refractivity contribution in [3.63, 3.8) is 0 Å². The minimum absolute atomic E-state index is 0.0289. The van der Waals surface area contributed by atoms with E-state index in [0.717, 1.165) is 18.4 Å². The van der Waals surface area contributed by atoms with E-state index < -0.39 is 11.7 Å². The van der Waals surface area contributed by atoms with E-state index in [1.54, 1.807) is 12.3 Å². The molecule has 2 N–H and O–H groups in total. The van der Waals surface area contributed by atoms with E-state index >= 15 is 0 Å². The largest absolute Gasteiger partial charge is 0.444 e. The SMILES string of the molecule is CC(C)(C)OC(=O)N/C1=C/C=C/CCNC(=O)[C@@H]2C[C@@H]2c2ccnc1c2. The van der Waals surface area contributed by atoms with E-state index in [4.69, 9.17) is 4.74 Å². The van der Waals surface area contributed by atoms with Crippen LogP contribution in [0.4, 0.5) is 4.79 Å². The van der Waals surface area contributed by atoms with E-state index in [1.807, 2.05) is 45.1 Å². The van der Waals surface area contributed by atoms with Crippen molar-refractivity contribution in [1.82, 2.24) is 15.6 Å². The summed E-state index contributed by atoms with van der Waals surface area (Å²) in [6.07, 6.45) is 8.38. The molecule has 6 nitrogen and oxygen atoms in total. The van der Waals surface area contributed by atoms with Crippen LogP contribution in [0, 0.1) is 5.92 Å². The number of carbonyl (C=O) groups is 2. The van der Waals surface area contributed by atoms with Gasteiger partial charge in [0.1, 0.15) is 5.60 Å². The van der Waals surface area contributed by atoms with Crippen LogP contribution in [0.3, 0.4) is 0 Å². The van der Waals surface area contributed by atoms with E-state index in [-0.39, 0.29) is 17.7 Å². The molecule has 1 aromatic heterocycles. The Labute approximate surface area is 153 Å². The number of pyridine rings is 1. The first kappa shape index (κ1) is 18.2. The van der Waals surface area contributed by atoms with Gasteiger partial charge in [0.15, 0.2) is 0 Å². The molecule has 2 atom stereocenters. The van der Waals surface area contributed by atoms with Crippen LogP contribution in [-0.4, -0.2) is 29.1 Å². The summed E-state index contributed by atoms with van der Waals surface area (Å²) in [6.45, 7) is 6.07. The maximum atomic E-state index is 12.2. The van der Waals surface area contributed by atoms with Gasteiger partial charge >= 0.3 is 6.09 Å². The zero-order valence-electron chi connectivity index (χ0n) is 15.4. The zero-order chi connectivity index (χ0) is 18.7. The number of aromatic nitrogens is 1. The molecule has 3 rings (SSSR count). The van der Waals surface area contributed by atoms with Crippen molar-refractivity contribution < 1.29 is 14.3 Å². The van der Waals surface area contributed by atoms with Crippen LogP contribution in [0.2, 0.25) is 0 Å². The number of hydrogen-bond acceptors (Lipinski definition) is 4. The third kappa shape index (κ3) is 4.71. The van der Waals surface area contributed by atoms with E-state index in [2.05, 4.69) is 15.6 Å². The number of allylic oxidation sites excluding steroid dienone is 2. The molecule has 1 aromatic rings. The molecular weight excluding hydrogens is 330 g/mol. The number of nitrogens with one attached hydrogen (secondary N) is 2. The lowest BCUT2D eigenvalue weighted by atomic mass is 10.1. The predicted octanol–water partition coefficient (Wildman–Crippen LogP) is 3.13. The number of amides is 2. The fraction of sp³-hybridized carbons (Fsp3) is 0.450. The molecule has 2 aliphatic rings. The summed E-state index contributed by atoms with van der Waals surface area (Å²) in [7, 11) is 0. The van der Waals surface area contributed by atoms with Gasteiger partial charge in [-0.2, -0.15) is 0 Å². The molecule has 1 fully saturated rings. The van der Waals surface area contributed by atoms with Crippen LogP contribution >= 0.6 is 0 Å². The molecule has 2 bridgehead atoms. The molecule has 1 aliphatic heterocycles. The Morgan fingerprint density at radius 3 is 2.92 bits per heavy atom. The topological polar surface area (TPSA) is 80.3 Å². The smallest absolute Gasteiger partial charge is 0.412 e. The first-order valence-electron chi connectivity index (χ1n) is 8.94. The summed E-state index contributed by atoms with van der Waals surface area (Å²) >= 11 is 0. The van der Waals surface area contributed by atoms with Gasteiger partial charge in [-0.05, 0) is 63.3 Å². The molecule has 6 heteroatoms. The monoisotopic (exact) mass is 355 g/mol. The average molecular weight is 355 g/mol. The first-order chi connectivity index (χ1) is 12.3. The fourth-order valence-electron chi connectivity index (χ4n) is 2.95. The Hall–Kier alpha value is -2.63. The van der Waals surface area contributed by atoms with Crippen LogP contribution in [0.15, 0.2) is 36.6 Å². The molecule has 1 saturated carbocycles. The Kier molecular flexibility index (Phi) is 5.11. The summed E-state index contributed by atoms with van der Waals surface area (Å²) in [5.41, 5.74) is 1.72. The second-order valence-corrected chi connectivity index (χ2v) is 7.64. The van der Waals surface area contributed by atoms with Crippen molar-refractivity contribution in [3.8, 4) is 0 Å². The minimum Gasteiger partial charge on any atom is -0.444 e. The Morgan fingerprint density at radius 1 is 1.35 bits per heavy atom. The molecule has 1 aliphatic carbocycles. The highest BCUT2D eigenvalue weighted by atomic mass is 16.6. The Bertz CT molecular complexity index is 762. The molecule has 26 heavy (non-hydrogen) atoms. The highest BCUT2D eigenvalue weighted by molar-refractivity contribution is 5.84. The minimum atomic E-state index is -0.577. The number of rotatable bonds is 1. The van der Waals surface area contributed by atoms with E-state index in [1.165, 1.54) is 0 Å². The summed E-state index contributed by atoms with van der Waals surface area (Å²) in [5, 5.41) is 5.77. The van der Waals surface area contributed by atoms with Crippen molar-refractivity contribution in [3.05, 3.63) is 47.8 Å². The van der Waals surface area contributed by atoms with Gasteiger partial charge in [0.2, 0.25) is 5.91 Å². The maximum Gasteiger partial charge on any atom is 0.412 e. The number of hydrogen-bond donors (Lipinski definition) is 2. The summed E-state index contributed by atoms with van der Waals surface area (Å²) in [6, 6.07) is 3.87. The third-order valence-corrected chi connectivity index (χ3v) is 4.26. The highest BCUT2D eigenvalue weighted by Crippen LogP contribution is 2.47. The number of alkyl carbamates (subject to hydrolysis) is 1. The third-order valence-electron chi connectivity index (χ3n) is 4.26. The van der Waals surface area contributed by atoms with Crippen LogP contribution < -0.4 is 10.6 Å². The number of nitrogens with zero attached hydrogens (tertiary/aromatic N) is 1. The van der Waals surface area contributed by atoms with E-state index in [0.29, 0.717) is 17.9 Å². The van der Waals surface area contributed by atoms with Crippen LogP contribution in [0.1, 0.15) is 50.8 Å². The molecule has 0 unspecified atom stereocenters. The molecule has 2 amide bonds. The van der Waals surface area contributed by atoms with Crippen LogP contribution in [0.25, 0.3) is 5.70 Å². The fourth-order valence-corrected chi connectivity index (χ4v) is 2.95. The number of ether oxygens (including phenoxy) is 1. The average Bonchev–Trinajstić information content (AvgIpc) is 3.35. The van der Waals surface area contributed by atoms with Crippen molar-refractivity contribution in [2.45, 2.75) is 45.1 Å². The molecule has 2 heterocycles. The van der Waals surface area contributed by atoms with Gasteiger partial charge in [-0.25, -0.2) is 4.79 Å². The second-order valence-electron chi connectivity index (χ2n) is 7.64. The summed E-state index contributed by atoms with van der Waals surface area (Å²) in [4.78, 5) is 28.7. The lowest BCUT2D eigenvalue weighted by Gasteiger charge is -2.20. The molecule has 0 saturated heterocycles. The van der Waals surface area contributed by atoms with Crippen molar-refractivity contribution in [2.75, 3.05) is 6.54 Å². The van der Waals surface area contributed by atoms with Gasteiger partial charge < -0.3 is 10.1 Å². The van der Waals surface area contributed by atoms with Crippen LogP contribution in [0.5, 0.6) is 0 Å². The quantitative estimate of drug-likeness (QED) is 0.811. The van der Waals surface area contributed by atoms with Gasteiger partial charge in [0, 0.05) is 18.7 Å². The van der Waals surface area contributed by atoms with Gasteiger partial charge in [0.25, 0.3) is 0 Å². The lowest BCUT2D eigenvalue weighted by molar-refractivity contribution is -0.122. The molecule has 0 radical (unpaired) electrons. The Balaban J connectivity index is 1.87. The van der Waals surface area contributed by atoms with Gasteiger partial charge in [0.05, 0.1) is 11.4 Å². The van der Waals surface area contributed by atoms with Crippen molar-refractivity contribution in [1.29, 1.82) is 0 Å². The lowest BCUT2D eigenvalue weighted by Crippen LogP contribution is -2.31. The number of carbonyl (C=O) groups excluding carboxylic acids is 2. The van der Waals surface area contributed by atoms with Crippen LogP contribution in [-0.2, 0) is 9.53 Å². The Morgan fingerprint density at radius 2 is 2.15 bits per heavy atom. The normalized spacial score (nSPS) is 25.8. The number of fused-ring (bicyclic) bond motifs is 4. The second kappa shape index (κ2) is 7.32. The highest BCUT2D eigenvalue weighted by Gasteiger charge is 2.43. The predicted molar refractivity (Wildman–Crippen MR) is 99.2 cm³/mol. The maximum absolute atomic E-state index is 12.2.